The molecule has 2 N–H and O–H groups in total. The van der Waals surface area contributed by atoms with Crippen molar-refractivity contribution in [1.82, 2.24) is 5.32 Å². The summed E-state index contributed by atoms with van der Waals surface area (Å²) in [4.78, 5) is 11.6. The van der Waals surface area contributed by atoms with Gasteiger partial charge in [0, 0.05) is 12.5 Å². The summed E-state index contributed by atoms with van der Waals surface area (Å²) in [5.41, 5.74) is -0.330. The number of benzene rings is 1. The first-order chi connectivity index (χ1) is 9.33. The van der Waals surface area contributed by atoms with Crippen LogP contribution in [-0.4, -0.2) is 25.4 Å². The largest absolute Gasteiger partial charge is 0.573 e. The monoisotopic (exact) mass is 292 g/mol. The predicted molar refractivity (Wildman–Crippen MR) is 62.7 cm³/mol. The second kappa shape index (κ2) is 5.66. The number of carbonyl (C=O) groups is 1. The van der Waals surface area contributed by atoms with Crippen molar-refractivity contribution >= 4 is 11.6 Å². The normalized spacial score (nSPS) is 15.6. The van der Waals surface area contributed by atoms with Gasteiger partial charge in [-0.2, -0.15) is 0 Å². The van der Waals surface area contributed by atoms with Crippen LogP contribution in [-0.2, 0) is 4.79 Å². The lowest BCUT2D eigenvalue weighted by molar-refractivity contribution is -0.274. The second-order valence-electron chi connectivity index (χ2n) is 4.47. The van der Waals surface area contributed by atoms with Crippen molar-refractivity contribution in [1.29, 1.82) is 0 Å². The van der Waals surface area contributed by atoms with E-state index in [0.717, 1.165) is 18.2 Å². The highest BCUT2D eigenvalue weighted by Crippen LogP contribution is 2.27. The molecule has 0 spiro atoms. The fraction of sp³-hybridized carbons (Fsp3) is 0.417. The Bertz CT molecular complexity index is 501. The highest BCUT2D eigenvalue weighted by Gasteiger charge is 2.31. The Kier molecular flexibility index (Phi) is 4.12. The maximum atomic E-state index is 13.4. The molecule has 0 aliphatic carbocycles. The molecule has 1 aliphatic rings. The van der Waals surface area contributed by atoms with E-state index in [-0.39, 0.29) is 18.0 Å². The second-order valence-corrected chi connectivity index (χ2v) is 4.47. The average Bonchev–Trinajstić information content (AvgIpc) is 2.26. The van der Waals surface area contributed by atoms with E-state index < -0.39 is 23.8 Å². The van der Waals surface area contributed by atoms with Crippen molar-refractivity contribution < 1.29 is 27.1 Å². The molecule has 1 amide bonds. The number of amides is 1. The summed E-state index contributed by atoms with van der Waals surface area (Å²) >= 11 is 0. The number of hydrogen-bond acceptors (Lipinski definition) is 3. The maximum Gasteiger partial charge on any atom is 0.573 e. The molecule has 0 radical (unpaired) electrons. The van der Waals surface area contributed by atoms with Gasteiger partial charge in [-0.15, -0.1) is 13.2 Å². The molecule has 110 valence electrons. The summed E-state index contributed by atoms with van der Waals surface area (Å²) in [5.74, 6) is -1.67. The van der Waals surface area contributed by atoms with E-state index in [9.17, 15) is 22.4 Å². The van der Waals surface area contributed by atoms with Gasteiger partial charge in [-0.25, -0.2) is 4.39 Å². The van der Waals surface area contributed by atoms with Crippen molar-refractivity contribution in [2.24, 2.45) is 5.92 Å². The van der Waals surface area contributed by atoms with Crippen LogP contribution >= 0.6 is 0 Å². The van der Waals surface area contributed by atoms with E-state index in [0.29, 0.717) is 13.1 Å². The van der Waals surface area contributed by atoms with Gasteiger partial charge in [0.2, 0.25) is 5.91 Å². The number of ether oxygens (including phenoxy) is 1. The minimum atomic E-state index is -4.86. The number of halogens is 4. The van der Waals surface area contributed by atoms with E-state index in [1.54, 1.807) is 0 Å². The predicted octanol–water partition coefficient (Wildman–Crippen LogP) is 2.27. The Hall–Kier alpha value is -1.83. The molecular weight excluding hydrogens is 280 g/mol. The fourth-order valence-electron chi connectivity index (χ4n) is 1.75. The highest BCUT2D eigenvalue weighted by molar-refractivity contribution is 5.91. The molecule has 1 aliphatic heterocycles. The number of hydrogen-bond donors (Lipinski definition) is 2. The van der Waals surface area contributed by atoms with Crippen LogP contribution in [0.25, 0.3) is 0 Å². The molecule has 0 atom stereocenters. The average molecular weight is 292 g/mol. The topological polar surface area (TPSA) is 50.4 Å². The lowest BCUT2D eigenvalue weighted by atomic mass is 9.99. The molecule has 1 aromatic rings. The van der Waals surface area contributed by atoms with Gasteiger partial charge in [0.15, 0.2) is 0 Å². The van der Waals surface area contributed by atoms with Gasteiger partial charge in [-0.3, -0.25) is 4.79 Å². The highest BCUT2D eigenvalue weighted by atomic mass is 19.4. The van der Waals surface area contributed by atoms with E-state index in [1.807, 2.05) is 0 Å². The standard InChI is InChI=1S/C12H12F4N2O2/c13-9-2-1-8(20-12(14,15)16)4-10(9)18-11(19)3-7-5-17-6-7/h1-2,4,7,17H,3,5-6H2,(H,18,19). The lowest BCUT2D eigenvalue weighted by Crippen LogP contribution is -2.43. The third-order valence-corrected chi connectivity index (χ3v) is 2.79. The summed E-state index contributed by atoms with van der Waals surface area (Å²) in [6, 6.07) is 2.45. The number of carbonyl (C=O) groups excluding carboxylic acids is 1. The SMILES string of the molecule is O=C(CC1CNC1)Nc1cc(OC(F)(F)F)ccc1F. The number of rotatable bonds is 4. The van der Waals surface area contributed by atoms with Crippen LogP contribution in [0, 0.1) is 11.7 Å². The first-order valence-corrected chi connectivity index (χ1v) is 5.89. The third kappa shape index (κ3) is 4.09. The molecule has 1 fully saturated rings. The van der Waals surface area contributed by atoms with Gasteiger partial charge in [-0.05, 0) is 31.1 Å². The number of nitrogens with one attached hydrogen (secondary N) is 2. The Morgan fingerprint density at radius 1 is 1.40 bits per heavy atom. The Morgan fingerprint density at radius 2 is 2.10 bits per heavy atom. The molecule has 1 heterocycles. The zero-order valence-electron chi connectivity index (χ0n) is 10.3. The molecule has 4 nitrogen and oxygen atoms in total. The zero-order valence-corrected chi connectivity index (χ0v) is 10.3. The lowest BCUT2D eigenvalue weighted by Gasteiger charge is -2.26. The van der Waals surface area contributed by atoms with E-state index >= 15 is 0 Å². The first kappa shape index (κ1) is 14.6. The van der Waals surface area contributed by atoms with Gasteiger partial charge < -0.3 is 15.4 Å². The third-order valence-electron chi connectivity index (χ3n) is 2.79. The van der Waals surface area contributed by atoms with Crippen LogP contribution in [0.1, 0.15) is 6.42 Å². The summed E-state index contributed by atoms with van der Waals surface area (Å²) in [7, 11) is 0. The van der Waals surface area contributed by atoms with Gasteiger partial charge in [-0.1, -0.05) is 0 Å². The van der Waals surface area contributed by atoms with Gasteiger partial charge in [0.25, 0.3) is 0 Å². The van der Waals surface area contributed by atoms with Crippen molar-refractivity contribution in [3.05, 3.63) is 24.0 Å². The smallest absolute Gasteiger partial charge is 0.406 e. The van der Waals surface area contributed by atoms with Crippen LogP contribution in [0.3, 0.4) is 0 Å². The Balaban J connectivity index is 2.02. The van der Waals surface area contributed by atoms with Crippen LogP contribution in [0.5, 0.6) is 5.75 Å². The van der Waals surface area contributed by atoms with Crippen LogP contribution in [0.4, 0.5) is 23.2 Å². The van der Waals surface area contributed by atoms with Crippen LogP contribution in [0.15, 0.2) is 18.2 Å². The van der Waals surface area contributed by atoms with Gasteiger partial charge >= 0.3 is 6.36 Å². The van der Waals surface area contributed by atoms with E-state index in [2.05, 4.69) is 15.4 Å². The molecule has 0 aromatic heterocycles. The molecule has 1 aromatic carbocycles. The molecule has 1 saturated heterocycles. The molecule has 0 unspecified atom stereocenters. The summed E-state index contributed by atoms with van der Waals surface area (Å²) in [6.45, 7) is 1.40. The Labute approximate surface area is 112 Å². The molecule has 8 heteroatoms. The Morgan fingerprint density at radius 3 is 2.65 bits per heavy atom. The summed E-state index contributed by atoms with van der Waals surface area (Å²) in [6.07, 6.45) is -4.67. The van der Waals surface area contributed by atoms with E-state index in [1.165, 1.54) is 0 Å². The number of alkyl halides is 3. The summed E-state index contributed by atoms with van der Waals surface area (Å²) < 4.78 is 53.3. The van der Waals surface area contributed by atoms with E-state index in [4.69, 9.17) is 0 Å². The minimum absolute atomic E-state index is 0.174. The van der Waals surface area contributed by atoms with Gasteiger partial charge in [0.1, 0.15) is 11.6 Å². The van der Waals surface area contributed by atoms with Crippen molar-refractivity contribution in [2.75, 3.05) is 18.4 Å². The molecule has 0 bridgehead atoms. The van der Waals surface area contributed by atoms with Crippen LogP contribution < -0.4 is 15.4 Å². The molecular formula is C12H12F4N2O2. The fourth-order valence-corrected chi connectivity index (χ4v) is 1.75. The van der Waals surface area contributed by atoms with Crippen molar-refractivity contribution in [3.63, 3.8) is 0 Å². The van der Waals surface area contributed by atoms with Crippen molar-refractivity contribution in [2.45, 2.75) is 12.8 Å². The van der Waals surface area contributed by atoms with Gasteiger partial charge in [0.05, 0.1) is 5.69 Å². The maximum absolute atomic E-state index is 13.4. The minimum Gasteiger partial charge on any atom is -0.406 e. The first-order valence-electron chi connectivity index (χ1n) is 5.89. The zero-order chi connectivity index (χ0) is 14.8. The van der Waals surface area contributed by atoms with Crippen LogP contribution in [0.2, 0.25) is 0 Å². The molecule has 20 heavy (non-hydrogen) atoms. The van der Waals surface area contributed by atoms with Crippen molar-refractivity contribution in [3.8, 4) is 5.75 Å². The molecule has 2 rings (SSSR count). The summed E-state index contributed by atoms with van der Waals surface area (Å²) in [5, 5.41) is 5.22. The quantitative estimate of drug-likeness (QED) is 0.837. The molecule has 0 saturated carbocycles. The number of anilines is 1.